The van der Waals surface area contributed by atoms with Gasteiger partial charge >= 0.3 is 0 Å². The second-order valence-electron chi connectivity index (χ2n) is 3.46. The molecule has 0 amide bonds. The molecule has 3 heteroatoms. The summed E-state index contributed by atoms with van der Waals surface area (Å²) in [7, 11) is 0. The summed E-state index contributed by atoms with van der Waals surface area (Å²) >= 11 is 5.98. The minimum atomic E-state index is 0.659. The van der Waals surface area contributed by atoms with Gasteiger partial charge in [0.2, 0.25) is 0 Å². The lowest BCUT2D eigenvalue weighted by Gasteiger charge is -2.05. The van der Waals surface area contributed by atoms with E-state index in [1.807, 2.05) is 12.1 Å². The molecule has 0 unspecified atom stereocenters. The van der Waals surface area contributed by atoms with E-state index < -0.39 is 0 Å². The number of nitrogens with zero attached hydrogens (tertiary/aromatic N) is 1. The largest absolute Gasteiger partial charge is 0.346 e. The van der Waals surface area contributed by atoms with E-state index in [9.17, 15) is 0 Å². The monoisotopic (exact) mass is 208 g/mol. The van der Waals surface area contributed by atoms with Crippen LogP contribution in [0.1, 0.15) is 5.56 Å². The van der Waals surface area contributed by atoms with Crippen molar-refractivity contribution >= 4 is 22.5 Å². The van der Waals surface area contributed by atoms with Crippen LogP contribution in [0, 0.1) is 6.92 Å². The fraction of sp³-hybridized carbons (Fsp3) is 0.273. The van der Waals surface area contributed by atoms with Gasteiger partial charge in [0.15, 0.2) is 0 Å². The first kappa shape index (κ1) is 9.56. The van der Waals surface area contributed by atoms with E-state index >= 15 is 0 Å². The Hall–Kier alpha value is -0.990. The van der Waals surface area contributed by atoms with Gasteiger partial charge in [0.1, 0.15) is 0 Å². The molecule has 0 bridgehead atoms. The molecule has 0 fully saturated rings. The van der Waals surface area contributed by atoms with Crippen LogP contribution in [0.25, 0.3) is 10.9 Å². The summed E-state index contributed by atoms with van der Waals surface area (Å²) in [5.41, 5.74) is 7.98. The number of hydrogen-bond donors (Lipinski definition) is 1. The standard InChI is InChI=1S/C11H13ClN2/c1-8-6-10(12)7-9-2-4-14(5-3-13)11(8)9/h2,4,6-7H,3,5,13H2,1H3. The molecule has 1 aromatic heterocycles. The molecule has 0 aliphatic carbocycles. The first-order valence-corrected chi connectivity index (χ1v) is 5.05. The third kappa shape index (κ3) is 1.51. The molecule has 0 radical (unpaired) electrons. The van der Waals surface area contributed by atoms with Gasteiger partial charge in [0, 0.05) is 29.7 Å². The van der Waals surface area contributed by atoms with Crippen LogP contribution in [-0.2, 0) is 6.54 Å². The number of aromatic nitrogens is 1. The van der Waals surface area contributed by atoms with E-state index in [1.54, 1.807) is 0 Å². The van der Waals surface area contributed by atoms with Gasteiger partial charge in [-0.15, -0.1) is 0 Å². The Morgan fingerprint density at radius 1 is 1.43 bits per heavy atom. The summed E-state index contributed by atoms with van der Waals surface area (Å²) in [5.74, 6) is 0. The highest BCUT2D eigenvalue weighted by Gasteiger charge is 2.04. The Labute approximate surface area is 88.3 Å². The Balaban J connectivity index is 2.66. The SMILES string of the molecule is Cc1cc(Cl)cc2ccn(CCN)c12. The average Bonchev–Trinajstić information content (AvgIpc) is 2.49. The molecule has 0 aliphatic heterocycles. The van der Waals surface area contributed by atoms with Crippen LogP contribution in [0.3, 0.4) is 0 Å². The molecule has 0 saturated carbocycles. The summed E-state index contributed by atoms with van der Waals surface area (Å²) in [6.45, 7) is 3.58. The van der Waals surface area contributed by atoms with Crippen LogP contribution in [-0.4, -0.2) is 11.1 Å². The predicted octanol–water partition coefficient (Wildman–Crippen LogP) is 2.56. The Morgan fingerprint density at radius 2 is 2.21 bits per heavy atom. The van der Waals surface area contributed by atoms with Gasteiger partial charge in [-0.25, -0.2) is 0 Å². The molecule has 1 heterocycles. The topological polar surface area (TPSA) is 30.9 Å². The Kier molecular flexibility index (Phi) is 2.48. The number of rotatable bonds is 2. The number of aryl methyl sites for hydroxylation is 1. The number of fused-ring (bicyclic) bond motifs is 1. The zero-order chi connectivity index (χ0) is 10.1. The zero-order valence-electron chi connectivity index (χ0n) is 8.13. The van der Waals surface area contributed by atoms with E-state index in [4.69, 9.17) is 17.3 Å². The molecule has 0 spiro atoms. The fourth-order valence-corrected chi connectivity index (χ4v) is 2.13. The lowest BCUT2D eigenvalue weighted by Crippen LogP contribution is -2.08. The van der Waals surface area contributed by atoms with Crippen LogP contribution >= 0.6 is 11.6 Å². The van der Waals surface area contributed by atoms with Crippen LogP contribution in [0.15, 0.2) is 24.4 Å². The Morgan fingerprint density at radius 3 is 2.93 bits per heavy atom. The van der Waals surface area contributed by atoms with Gasteiger partial charge in [0.05, 0.1) is 5.52 Å². The summed E-state index contributed by atoms with van der Waals surface area (Å²) in [5, 5.41) is 1.98. The van der Waals surface area contributed by atoms with E-state index in [-0.39, 0.29) is 0 Å². The molecular formula is C11H13ClN2. The predicted molar refractivity (Wildman–Crippen MR) is 60.7 cm³/mol. The van der Waals surface area contributed by atoms with Crippen molar-refractivity contribution in [3.05, 3.63) is 35.0 Å². The van der Waals surface area contributed by atoms with Crippen molar-refractivity contribution in [3.8, 4) is 0 Å². The Bertz CT molecular complexity index is 460. The lowest BCUT2D eigenvalue weighted by molar-refractivity contribution is 0.734. The minimum absolute atomic E-state index is 0.659. The molecule has 1 aromatic carbocycles. The van der Waals surface area contributed by atoms with Crippen LogP contribution in [0.2, 0.25) is 5.02 Å². The van der Waals surface area contributed by atoms with E-state index in [1.165, 1.54) is 16.5 Å². The van der Waals surface area contributed by atoms with Crippen molar-refractivity contribution in [2.24, 2.45) is 5.73 Å². The van der Waals surface area contributed by atoms with Gasteiger partial charge in [-0.2, -0.15) is 0 Å². The van der Waals surface area contributed by atoms with Crippen molar-refractivity contribution < 1.29 is 0 Å². The smallest absolute Gasteiger partial charge is 0.0511 e. The number of nitrogens with two attached hydrogens (primary N) is 1. The second kappa shape index (κ2) is 3.64. The van der Waals surface area contributed by atoms with Gasteiger partial charge < -0.3 is 10.3 Å². The van der Waals surface area contributed by atoms with Gasteiger partial charge in [-0.1, -0.05) is 11.6 Å². The van der Waals surface area contributed by atoms with Gasteiger partial charge in [-0.3, -0.25) is 0 Å². The maximum Gasteiger partial charge on any atom is 0.0511 e. The average molecular weight is 209 g/mol. The zero-order valence-corrected chi connectivity index (χ0v) is 8.88. The summed E-state index contributed by atoms with van der Waals surface area (Å²) in [6, 6.07) is 6.04. The minimum Gasteiger partial charge on any atom is -0.346 e. The highest BCUT2D eigenvalue weighted by Crippen LogP contribution is 2.24. The molecular weight excluding hydrogens is 196 g/mol. The molecule has 2 aromatic rings. The lowest BCUT2D eigenvalue weighted by atomic mass is 10.2. The van der Waals surface area contributed by atoms with Crippen molar-refractivity contribution in [2.45, 2.75) is 13.5 Å². The molecule has 0 saturated heterocycles. The van der Waals surface area contributed by atoms with Gasteiger partial charge in [-0.05, 0) is 30.7 Å². The number of hydrogen-bond acceptors (Lipinski definition) is 1. The van der Waals surface area contributed by atoms with E-state index in [2.05, 4.69) is 23.8 Å². The molecule has 74 valence electrons. The fourth-order valence-electron chi connectivity index (χ4n) is 1.85. The molecule has 0 aliphatic rings. The van der Waals surface area contributed by atoms with Crippen molar-refractivity contribution in [2.75, 3.05) is 6.54 Å². The number of halogens is 1. The quantitative estimate of drug-likeness (QED) is 0.808. The molecule has 0 atom stereocenters. The molecule has 2 N–H and O–H groups in total. The maximum atomic E-state index is 5.98. The van der Waals surface area contributed by atoms with E-state index in [0.29, 0.717) is 6.54 Å². The normalized spacial score (nSPS) is 11.1. The van der Waals surface area contributed by atoms with Crippen molar-refractivity contribution in [3.63, 3.8) is 0 Å². The van der Waals surface area contributed by atoms with Crippen molar-refractivity contribution in [1.29, 1.82) is 0 Å². The second-order valence-corrected chi connectivity index (χ2v) is 3.89. The highest BCUT2D eigenvalue weighted by molar-refractivity contribution is 6.31. The third-order valence-corrected chi connectivity index (χ3v) is 2.60. The first-order valence-electron chi connectivity index (χ1n) is 4.67. The highest BCUT2D eigenvalue weighted by atomic mass is 35.5. The third-order valence-electron chi connectivity index (χ3n) is 2.39. The van der Waals surface area contributed by atoms with E-state index in [0.717, 1.165) is 11.6 Å². The van der Waals surface area contributed by atoms with Crippen molar-refractivity contribution in [1.82, 2.24) is 4.57 Å². The molecule has 14 heavy (non-hydrogen) atoms. The summed E-state index contributed by atoms with van der Waals surface area (Å²) in [4.78, 5) is 0. The number of benzene rings is 1. The van der Waals surface area contributed by atoms with Gasteiger partial charge in [0.25, 0.3) is 0 Å². The molecule has 2 nitrogen and oxygen atoms in total. The molecule has 2 rings (SSSR count). The first-order chi connectivity index (χ1) is 6.72. The van der Waals surface area contributed by atoms with Crippen LogP contribution in [0.5, 0.6) is 0 Å². The summed E-state index contributed by atoms with van der Waals surface area (Å²) in [6.07, 6.45) is 2.06. The van der Waals surface area contributed by atoms with Crippen LogP contribution in [0.4, 0.5) is 0 Å². The summed E-state index contributed by atoms with van der Waals surface area (Å²) < 4.78 is 2.17. The van der Waals surface area contributed by atoms with Crippen LogP contribution < -0.4 is 5.73 Å². The maximum absolute atomic E-state index is 5.98.